The maximum absolute atomic E-state index is 13.0. The number of carbonyl (C=O) groups excluding carboxylic acids is 1. The van der Waals surface area contributed by atoms with Crippen molar-refractivity contribution in [2.75, 3.05) is 7.11 Å². The van der Waals surface area contributed by atoms with Gasteiger partial charge in [-0.15, -0.1) is 0 Å². The first-order valence-corrected chi connectivity index (χ1v) is 7.28. The number of alkyl halides is 3. The van der Waals surface area contributed by atoms with Crippen molar-refractivity contribution in [3.63, 3.8) is 0 Å². The topological polar surface area (TPSA) is 56.1 Å². The molecule has 0 fully saturated rings. The van der Waals surface area contributed by atoms with Crippen LogP contribution in [0.4, 0.5) is 13.2 Å². The second kappa shape index (κ2) is 7.48. The van der Waals surface area contributed by atoms with Gasteiger partial charge in [-0.2, -0.15) is 13.2 Å². The molecule has 2 aromatic rings. The van der Waals surface area contributed by atoms with E-state index in [2.05, 4.69) is 15.0 Å². The third-order valence-electron chi connectivity index (χ3n) is 3.44. The highest BCUT2D eigenvalue weighted by atomic mass is 19.4. The molecular formula is C16H18F3N3O2. The van der Waals surface area contributed by atoms with Gasteiger partial charge in [0.1, 0.15) is 0 Å². The van der Waals surface area contributed by atoms with Crippen LogP contribution in [0.2, 0.25) is 0 Å². The number of nitrogens with zero attached hydrogens (tertiary/aromatic N) is 2. The van der Waals surface area contributed by atoms with Gasteiger partial charge in [0, 0.05) is 31.5 Å². The number of hydrogen-bond donors (Lipinski definition) is 1. The number of halogens is 3. The minimum absolute atomic E-state index is 0.00956. The van der Waals surface area contributed by atoms with Crippen LogP contribution in [0.3, 0.4) is 0 Å². The number of hydrogen-bond acceptors (Lipinski definition) is 4. The van der Waals surface area contributed by atoms with Crippen molar-refractivity contribution in [3.05, 3.63) is 53.6 Å². The molecule has 2 rings (SSSR count). The minimum Gasteiger partial charge on any atom is -0.465 e. The van der Waals surface area contributed by atoms with Crippen molar-refractivity contribution in [2.24, 2.45) is 0 Å². The summed E-state index contributed by atoms with van der Waals surface area (Å²) >= 11 is 0. The number of aromatic nitrogens is 2. The molecule has 1 atom stereocenters. The fourth-order valence-corrected chi connectivity index (χ4v) is 2.26. The Kier molecular flexibility index (Phi) is 5.61. The van der Waals surface area contributed by atoms with Crippen LogP contribution < -0.4 is 5.32 Å². The molecule has 8 heteroatoms. The molecule has 1 unspecified atom stereocenters. The minimum atomic E-state index is -4.53. The third-order valence-corrected chi connectivity index (χ3v) is 3.44. The summed E-state index contributed by atoms with van der Waals surface area (Å²) in [4.78, 5) is 15.5. The predicted octanol–water partition coefficient (Wildman–Crippen LogP) is 2.87. The quantitative estimate of drug-likeness (QED) is 0.821. The Morgan fingerprint density at radius 1 is 1.38 bits per heavy atom. The van der Waals surface area contributed by atoms with Gasteiger partial charge in [-0.25, -0.2) is 9.78 Å². The van der Waals surface area contributed by atoms with Crippen molar-refractivity contribution in [1.82, 2.24) is 14.9 Å². The smallest absolute Gasteiger partial charge is 0.416 e. The van der Waals surface area contributed by atoms with E-state index in [0.717, 1.165) is 19.2 Å². The zero-order valence-electron chi connectivity index (χ0n) is 13.3. The molecule has 0 aliphatic heterocycles. The molecule has 1 heterocycles. The zero-order valence-corrected chi connectivity index (χ0v) is 13.3. The molecule has 1 aromatic heterocycles. The van der Waals surface area contributed by atoms with Gasteiger partial charge in [0.2, 0.25) is 0 Å². The first-order valence-electron chi connectivity index (χ1n) is 7.28. The van der Waals surface area contributed by atoms with Crippen LogP contribution in [0.25, 0.3) is 0 Å². The SMILES string of the molecule is COC(=O)c1cc(CNC(C)Cn2ccnc2)cc(C(F)(F)F)c1. The molecule has 0 aliphatic carbocycles. The molecule has 0 amide bonds. The van der Waals surface area contributed by atoms with E-state index in [1.54, 1.807) is 18.7 Å². The summed E-state index contributed by atoms with van der Waals surface area (Å²) in [6.45, 7) is 2.74. The van der Waals surface area contributed by atoms with E-state index < -0.39 is 17.7 Å². The molecule has 0 saturated carbocycles. The lowest BCUT2D eigenvalue weighted by Gasteiger charge is -2.16. The van der Waals surface area contributed by atoms with Gasteiger partial charge in [0.15, 0.2) is 0 Å². The highest BCUT2D eigenvalue weighted by molar-refractivity contribution is 5.89. The van der Waals surface area contributed by atoms with Crippen molar-refractivity contribution in [2.45, 2.75) is 32.2 Å². The molecule has 0 bridgehead atoms. The van der Waals surface area contributed by atoms with E-state index in [4.69, 9.17) is 0 Å². The number of ether oxygens (including phenoxy) is 1. The van der Waals surface area contributed by atoms with E-state index in [1.807, 2.05) is 11.5 Å². The second-order valence-corrected chi connectivity index (χ2v) is 5.45. The van der Waals surface area contributed by atoms with Crippen molar-refractivity contribution < 1.29 is 22.7 Å². The van der Waals surface area contributed by atoms with Gasteiger partial charge in [0.25, 0.3) is 0 Å². The molecule has 0 saturated heterocycles. The molecule has 130 valence electrons. The molecular weight excluding hydrogens is 323 g/mol. The maximum atomic E-state index is 13.0. The molecule has 0 spiro atoms. The summed E-state index contributed by atoms with van der Waals surface area (Å²) in [6, 6.07) is 3.24. The number of benzene rings is 1. The van der Waals surface area contributed by atoms with E-state index in [9.17, 15) is 18.0 Å². The summed E-state index contributed by atoms with van der Waals surface area (Å²) in [7, 11) is 1.13. The number of rotatable bonds is 6. The predicted molar refractivity (Wildman–Crippen MR) is 81.3 cm³/mol. The average Bonchev–Trinajstić information content (AvgIpc) is 3.04. The van der Waals surface area contributed by atoms with Crippen LogP contribution in [-0.2, 0) is 24.0 Å². The van der Waals surface area contributed by atoms with E-state index >= 15 is 0 Å². The highest BCUT2D eigenvalue weighted by Crippen LogP contribution is 2.31. The number of methoxy groups -OCH3 is 1. The highest BCUT2D eigenvalue weighted by Gasteiger charge is 2.31. The fourth-order valence-electron chi connectivity index (χ4n) is 2.26. The van der Waals surface area contributed by atoms with Gasteiger partial charge in [-0.05, 0) is 30.7 Å². The normalized spacial score (nSPS) is 12.9. The lowest BCUT2D eigenvalue weighted by Crippen LogP contribution is -2.29. The van der Waals surface area contributed by atoms with Crippen LogP contribution >= 0.6 is 0 Å². The Bertz CT molecular complexity index is 684. The lowest BCUT2D eigenvalue weighted by atomic mass is 10.0. The maximum Gasteiger partial charge on any atom is 0.416 e. The summed E-state index contributed by atoms with van der Waals surface area (Å²) in [6.07, 6.45) is 0.596. The Morgan fingerprint density at radius 3 is 2.71 bits per heavy atom. The first kappa shape index (κ1) is 18.0. The van der Waals surface area contributed by atoms with Crippen LogP contribution in [0.5, 0.6) is 0 Å². The van der Waals surface area contributed by atoms with Gasteiger partial charge >= 0.3 is 12.1 Å². The Hall–Kier alpha value is -2.35. The molecule has 0 radical (unpaired) electrons. The van der Waals surface area contributed by atoms with Gasteiger partial charge in [-0.1, -0.05) is 0 Å². The van der Waals surface area contributed by atoms with Crippen LogP contribution in [0.1, 0.15) is 28.4 Å². The summed E-state index contributed by atoms with van der Waals surface area (Å²) < 4.78 is 45.3. The van der Waals surface area contributed by atoms with Crippen LogP contribution in [0.15, 0.2) is 36.9 Å². The molecule has 1 aromatic carbocycles. The molecule has 24 heavy (non-hydrogen) atoms. The second-order valence-electron chi connectivity index (χ2n) is 5.45. The van der Waals surface area contributed by atoms with E-state index in [-0.39, 0.29) is 18.2 Å². The largest absolute Gasteiger partial charge is 0.465 e. The third kappa shape index (κ3) is 4.82. The van der Waals surface area contributed by atoms with Crippen LogP contribution in [0, 0.1) is 0 Å². The van der Waals surface area contributed by atoms with Gasteiger partial charge in [-0.3, -0.25) is 0 Å². The van der Waals surface area contributed by atoms with Gasteiger partial charge < -0.3 is 14.6 Å². The molecule has 5 nitrogen and oxygen atoms in total. The Morgan fingerprint density at radius 2 is 2.12 bits per heavy atom. The van der Waals surface area contributed by atoms with Crippen molar-refractivity contribution in [1.29, 1.82) is 0 Å². The Balaban J connectivity index is 2.12. The first-order chi connectivity index (χ1) is 11.3. The van der Waals surface area contributed by atoms with Crippen LogP contribution in [-0.4, -0.2) is 28.7 Å². The number of nitrogens with one attached hydrogen (secondary N) is 1. The molecule has 0 aliphatic rings. The summed E-state index contributed by atoms with van der Waals surface area (Å²) in [5.74, 6) is -0.797. The van der Waals surface area contributed by atoms with Crippen molar-refractivity contribution >= 4 is 5.97 Å². The Labute approximate surface area is 137 Å². The monoisotopic (exact) mass is 341 g/mol. The van der Waals surface area contributed by atoms with E-state index in [1.165, 1.54) is 6.07 Å². The van der Waals surface area contributed by atoms with Crippen molar-refractivity contribution in [3.8, 4) is 0 Å². The summed E-state index contributed by atoms with van der Waals surface area (Å²) in [5, 5.41) is 3.13. The standard InChI is InChI=1S/C16H18F3N3O2/c1-11(9-22-4-3-20-10-22)21-8-12-5-13(15(23)24-2)7-14(6-12)16(17,18)19/h3-7,10-11,21H,8-9H2,1-2H3. The molecule has 1 N–H and O–H groups in total. The van der Waals surface area contributed by atoms with E-state index in [0.29, 0.717) is 12.1 Å². The summed E-state index contributed by atoms with van der Waals surface area (Å²) in [5.41, 5.74) is -0.626. The number of esters is 1. The average molecular weight is 341 g/mol. The fraction of sp³-hybridized carbons (Fsp3) is 0.375. The van der Waals surface area contributed by atoms with Gasteiger partial charge in [0.05, 0.1) is 24.6 Å². The number of imidazole rings is 1. The lowest BCUT2D eigenvalue weighted by molar-refractivity contribution is -0.137. The number of carbonyl (C=O) groups is 1. The zero-order chi connectivity index (χ0) is 17.7.